The van der Waals surface area contributed by atoms with E-state index in [0.717, 1.165) is 5.69 Å². The maximum Gasteiger partial charge on any atom is 0.0541 e. The van der Waals surface area contributed by atoms with Gasteiger partial charge in [-0.05, 0) is 121 Å². The fourth-order valence-corrected chi connectivity index (χ4v) is 9.33. The second-order valence-corrected chi connectivity index (χ2v) is 14.9. The van der Waals surface area contributed by atoms with Crippen molar-refractivity contribution < 1.29 is 0 Å². The first kappa shape index (κ1) is 31.0. The maximum absolute atomic E-state index is 2.41. The van der Waals surface area contributed by atoms with Crippen LogP contribution < -0.4 is 0 Å². The molecule has 2 aromatic heterocycles. The quantitative estimate of drug-likeness (QED) is 0.161. The fourth-order valence-electron chi connectivity index (χ4n) is 9.33. The molecule has 12 aromatic rings. The molecule has 0 fully saturated rings. The van der Waals surface area contributed by atoms with E-state index in [0.29, 0.717) is 0 Å². The normalized spacial score (nSPS) is 11.9. The predicted octanol–water partition coefficient (Wildman–Crippen LogP) is 14.7. The highest BCUT2D eigenvalue weighted by atomic mass is 15.0. The van der Waals surface area contributed by atoms with Crippen molar-refractivity contribution in [3.05, 3.63) is 206 Å². The monoisotopic (exact) mass is 710 g/mol. The van der Waals surface area contributed by atoms with Crippen molar-refractivity contribution in [2.75, 3.05) is 0 Å². The van der Waals surface area contributed by atoms with Crippen LogP contribution in [0.2, 0.25) is 0 Å². The van der Waals surface area contributed by atoms with Crippen LogP contribution in [0.4, 0.5) is 0 Å². The highest BCUT2D eigenvalue weighted by molar-refractivity contribution is 6.26. The molecule has 0 unspecified atom stereocenters. The summed E-state index contributed by atoms with van der Waals surface area (Å²) >= 11 is 0. The molecule has 0 saturated heterocycles. The van der Waals surface area contributed by atoms with E-state index in [2.05, 4.69) is 215 Å². The smallest absolute Gasteiger partial charge is 0.0541 e. The molecule has 0 spiro atoms. The number of nitrogens with zero attached hydrogens (tertiary/aromatic N) is 2. The molecule has 0 amide bonds. The highest BCUT2D eigenvalue weighted by Crippen LogP contribution is 2.40. The van der Waals surface area contributed by atoms with E-state index < -0.39 is 0 Å². The van der Waals surface area contributed by atoms with E-state index >= 15 is 0 Å². The molecule has 56 heavy (non-hydrogen) atoms. The Balaban J connectivity index is 0.962. The molecular weight excluding hydrogens is 677 g/mol. The van der Waals surface area contributed by atoms with Crippen LogP contribution in [0.1, 0.15) is 0 Å². The van der Waals surface area contributed by atoms with Gasteiger partial charge >= 0.3 is 0 Å². The van der Waals surface area contributed by atoms with E-state index in [4.69, 9.17) is 0 Å². The van der Waals surface area contributed by atoms with Gasteiger partial charge in [0.2, 0.25) is 0 Å². The Kier molecular flexibility index (Phi) is 6.66. The van der Waals surface area contributed by atoms with Gasteiger partial charge in [-0.15, -0.1) is 0 Å². The lowest BCUT2D eigenvalue weighted by molar-refractivity contribution is 1.18. The minimum atomic E-state index is 1.15. The molecule has 12 rings (SSSR count). The van der Waals surface area contributed by atoms with Crippen LogP contribution in [0.25, 0.3) is 110 Å². The SMILES string of the molecule is c1ccc(-n2c3ccccc3c3cc(-c4ccc(-n5c6ccccc6c6cc(-c7ccc8c9ccccc9c9ccccc9c8c7)ccc65)cc4)ccc32)cc1. The predicted molar refractivity (Wildman–Crippen MR) is 239 cm³/mol. The van der Waals surface area contributed by atoms with Crippen molar-refractivity contribution in [3.8, 4) is 33.6 Å². The summed E-state index contributed by atoms with van der Waals surface area (Å²) in [5.41, 5.74) is 12.0. The first-order chi connectivity index (χ1) is 27.8. The molecule has 2 heterocycles. The number of aromatic nitrogens is 2. The minimum Gasteiger partial charge on any atom is -0.309 e. The largest absolute Gasteiger partial charge is 0.309 e. The van der Waals surface area contributed by atoms with Gasteiger partial charge in [0.05, 0.1) is 22.1 Å². The van der Waals surface area contributed by atoms with E-state index in [1.807, 2.05) is 0 Å². The summed E-state index contributed by atoms with van der Waals surface area (Å²) in [4.78, 5) is 0. The topological polar surface area (TPSA) is 9.86 Å². The number of hydrogen-bond acceptors (Lipinski definition) is 0. The van der Waals surface area contributed by atoms with Gasteiger partial charge in [0.1, 0.15) is 0 Å². The van der Waals surface area contributed by atoms with Gasteiger partial charge in [-0.25, -0.2) is 0 Å². The van der Waals surface area contributed by atoms with Crippen molar-refractivity contribution in [1.82, 2.24) is 9.13 Å². The summed E-state index contributed by atoms with van der Waals surface area (Å²) < 4.78 is 4.78. The van der Waals surface area contributed by atoms with E-state index in [1.54, 1.807) is 0 Å². The Hall–Kier alpha value is -7.42. The molecule has 260 valence electrons. The third kappa shape index (κ3) is 4.57. The summed E-state index contributed by atoms with van der Waals surface area (Å²) in [6.45, 7) is 0. The number of rotatable bonds is 4. The van der Waals surface area contributed by atoms with Crippen molar-refractivity contribution in [1.29, 1.82) is 0 Å². The zero-order valence-electron chi connectivity index (χ0n) is 30.5. The average Bonchev–Trinajstić information content (AvgIpc) is 3.79. The van der Waals surface area contributed by atoms with Crippen LogP contribution in [0.3, 0.4) is 0 Å². The number of benzene rings is 10. The molecule has 2 heteroatoms. The van der Waals surface area contributed by atoms with Gasteiger partial charge in [0, 0.05) is 32.9 Å². The van der Waals surface area contributed by atoms with Gasteiger partial charge in [0.25, 0.3) is 0 Å². The molecule has 0 aliphatic rings. The van der Waals surface area contributed by atoms with Gasteiger partial charge in [-0.3, -0.25) is 0 Å². The molecule has 0 aliphatic heterocycles. The lowest BCUT2D eigenvalue weighted by atomic mass is 9.92. The van der Waals surface area contributed by atoms with Crippen molar-refractivity contribution in [2.45, 2.75) is 0 Å². The summed E-state index contributed by atoms with van der Waals surface area (Å²) in [6, 6.07) is 75.7. The first-order valence-electron chi connectivity index (χ1n) is 19.3. The molecule has 0 aliphatic carbocycles. The Bertz CT molecular complexity index is 3480. The van der Waals surface area contributed by atoms with Crippen LogP contribution in [-0.2, 0) is 0 Å². The zero-order valence-corrected chi connectivity index (χ0v) is 30.5. The molecule has 0 radical (unpaired) electrons. The van der Waals surface area contributed by atoms with Crippen molar-refractivity contribution in [3.63, 3.8) is 0 Å². The van der Waals surface area contributed by atoms with Gasteiger partial charge in [-0.2, -0.15) is 0 Å². The van der Waals surface area contributed by atoms with Gasteiger partial charge in [-0.1, -0.05) is 140 Å². The Morgan fingerprint density at radius 2 is 0.536 bits per heavy atom. The van der Waals surface area contributed by atoms with E-state index in [1.165, 1.54) is 104 Å². The first-order valence-corrected chi connectivity index (χ1v) is 19.3. The Morgan fingerprint density at radius 1 is 0.196 bits per heavy atom. The molecule has 0 atom stereocenters. The number of fused-ring (bicyclic) bond motifs is 12. The van der Waals surface area contributed by atoms with Crippen molar-refractivity contribution >= 4 is 75.9 Å². The standard InChI is InChI=1S/C54H34N2/c1-2-12-39(13-3-1)55-51-20-10-8-18-46(51)49-33-36(25-30-53(49)55)35-22-27-40(28-23-35)56-52-21-11-9-19-47(52)50-34-38(26-31-54(50)56)37-24-29-45-43-16-5-4-14-41(43)42-15-6-7-17-44(42)48(45)32-37/h1-34H. The van der Waals surface area contributed by atoms with Gasteiger partial charge in [0.15, 0.2) is 0 Å². The lowest BCUT2D eigenvalue weighted by Gasteiger charge is -2.12. The average molecular weight is 711 g/mol. The lowest BCUT2D eigenvalue weighted by Crippen LogP contribution is -1.94. The molecule has 0 saturated carbocycles. The second-order valence-electron chi connectivity index (χ2n) is 14.9. The second kappa shape index (κ2) is 12.0. The Morgan fingerprint density at radius 3 is 1.07 bits per heavy atom. The maximum atomic E-state index is 2.41. The summed E-state index contributed by atoms with van der Waals surface area (Å²) in [5.74, 6) is 0. The highest BCUT2D eigenvalue weighted by Gasteiger charge is 2.16. The van der Waals surface area contributed by atoms with Crippen LogP contribution >= 0.6 is 0 Å². The molecule has 0 N–H and O–H groups in total. The number of hydrogen-bond donors (Lipinski definition) is 0. The van der Waals surface area contributed by atoms with Crippen LogP contribution in [0.5, 0.6) is 0 Å². The summed E-state index contributed by atoms with van der Waals surface area (Å²) in [7, 11) is 0. The molecule has 0 bridgehead atoms. The third-order valence-electron chi connectivity index (χ3n) is 11.9. The molecular formula is C54H34N2. The fraction of sp³-hybridized carbons (Fsp3) is 0. The van der Waals surface area contributed by atoms with Crippen LogP contribution in [0.15, 0.2) is 206 Å². The van der Waals surface area contributed by atoms with E-state index in [-0.39, 0.29) is 0 Å². The molecule has 2 nitrogen and oxygen atoms in total. The van der Waals surface area contributed by atoms with Crippen LogP contribution in [0, 0.1) is 0 Å². The zero-order chi connectivity index (χ0) is 36.7. The van der Waals surface area contributed by atoms with Gasteiger partial charge < -0.3 is 9.13 Å². The van der Waals surface area contributed by atoms with E-state index in [9.17, 15) is 0 Å². The third-order valence-corrected chi connectivity index (χ3v) is 11.9. The Labute approximate surface area is 323 Å². The van der Waals surface area contributed by atoms with Crippen LogP contribution in [-0.4, -0.2) is 9.13 Å². The number of para-hydroxylation sites is 3. The minimum absolute atomic E-state index is 1.15. The molecule has 10 aromatic carbocycles. The van der Waals surface area contributed by atoms with Crippen molar-refractivity contribution in [2.24, 2.45) is 0 Å². The summed E-state index contributed by atoms with van der Waals surface area (Å²) in [6.07, 6.45) is 0. The summed E-state index contributed by atoms with van der Waals surface area (Å²) in [5, 5.41) is 12.8.